The summed E-state index contributed by atoms with van der Waals surface area (Å²) in [5.74, 6) is -0.374. The van der Waals surface area contributed by atoms with E-state index < -0.39 is 5.60 Å². The summed E-state index contributed by atoms with van der Waals surface area (Å²) in [7, 11) is 1.56. The average molecular weight is 329 g/mol. The summed E-state index contributed by atoms with van der Waals surface area (Å²) in [5.41, 5.74) is 0.310. The molecule has 3 rings (SSSR count). The van der Waals surface area contributed by atoms with Gasteiger partial charge in [-0.2, -0.15) is 0 Å². The zero-order valence-electron chi connectivity index (χ0n) is 13.6. The Morgan fingerprint density at radius 3 is 2.75 bits per heavy atom. The lowest BCUT2D eigenvalue weighted by Gasteiger charge is -2.39. The molecule has 126 valence electrons. The van der Waals surface area contributed by atoms with Crippen LogP contribution in [0.15, 0.2) is 36.9 Å². The summed E-state index contributed by atoms with van der Waals surface area (Å²) < 4.78 is 7.32. The van der Waals surface area contributed by atoms with Gasteiger partial charge < -0.3 is 15.0 Å². The Kier molecular flexibility index (Phi) is 4.30. The van der Waals surface area contributed by atoms with Crippen molar-refractivity contribution < 1.29 is 14.3 Å². The molecule has 24 heavy (non-hydrogen) atoms. The number of carbonyl (C=O) groups is 2. The van der Waals surface area contributed by atoms with E-state index in [1.54, 1.807) is 54.3 Å². The number of benzene rings is 1. The third-order valence-electron chi connectivity index (χ3n) is 4.08. The van der Waals surface area contributed by atoms with E-state index >= 15 is 0 Å². The van der Waals surface area contributed by atoms with Gasteiger partial charge in [0.05, 0.1) is 13.2 Å². The summed E-state index contributed by atoms with van der Waals surface area (Å²) in [4.78, 5) is 26.5. The molecule has 1 aromatic heterocycles. The Labute approximate surface area is 139 Å². The summed E-state index contributed by atoms with van der Waals surface area (Å²) >= 11 is 0. The molecule has 0 radical (unpaired) electrons. The van der Waals surface area contributed by atoms with Crippen LogP contribution in [0, 0.1) is 0 Å². The molecule has 8 nitrogen and oxygen atoms in total. The molecule has 8 heteroatoms. The molecule has 1 aliphatic rings. The number of amides is 2. The van der Waals surface area contributed by atoms with Gasteiger partial charge in [0.25, 0.3) is 11.8 Å². The fraction of sp³-hybridized carbons (Fsp3) is 0.375. The highest BCUT2D eigenvalue weighted by Crippen LogP contribution is 2.20. The van der Waals surface area contributed by atoms with Gasteiger partial charge in [-0.05, 0) is 25.1 Å². The maximum absolute atomic E-state index is 12.8. The highest BCUT2D eigenvalue weighted by Gasteiger charge is 2.40. The van der Waals surface area contributed by atoms with Gasteiger partial charge in [-0.1, -0.05) is 6.07 Å². The van der Waals surface area contributed by atoms with Gasteiger partial charge in [-0.3, -0.25) is 14.2 Å². The smallest absolute Gasteiger partial charge is 0.254 e. The van der Waals surface area contributed by atoms with Crippen molar-refractivity contribution in [3.05, 3.63) is 42.5 Å². The van der Waals surface area contributed by atoms with Crippen LogP contribution in [0.25, 0.3) is 5.69 Å². The molecule has 2 heterocycles. The monoisotopic (exact) mass is 329 g/mol. The van der Waals surface area contributed by atoms with Crippen LogP contribution >= 0.6 is 0 Å². The van der Waals surface area contributed by atoms with Crippen LogP contribution in [0.3, 0.4) is 0 Å². The summed E-state index contributed by atoms with van der Waals surface area (Å²) in [6, 6.07) is 7.20. The lowest BCUT2D eigenvalue weighted by Crippen LogP contribution is -2.58. The highest BCUT2D eigenvalue weighted by molar-refractivity contribution is 5.95. The SMILES string of the molecule is CNC(=O)C1(C)CN(C(=O)c2cccc(-n3cnnc3)c2)CCO1. The molecule has 1 aromatic carbocycles. The fourth-order valence-electron chi connectivity index (χ4n) is 2.76. The zero-order chi connectivity index (χ0) is 17.2. The number of likely N-dealkylation sites (N-methyl/N-ethyl adjacent to an activating group) is 1. The van der Waals surface area contributed by atoms with Gasteiger partial charge in [0.15, 0.2) is 5.60 Å². The van der Waals surface area contributed by atoms with Crippen molar-refractivity contribution >= 4 is 11.8 Å². The van der Waals surface area contributed by atoms with Crippen molar-refractivity contribution in [2.75, 3.05) is 26.7 Å². The van der Waals surface area contributed by atoms with Gasteiger partial charge in [0, 0.05) is 24.8 Å². The number of hydrogen-bond acceptors (Lipinski definition) is 5. The van der Waals surface area contributed by atoms with E-state index in [9.17, 15) is 9.59 Å². The summed E-state index contributed by atoms with van der Waals surface area (Å²) in [5, 5.41) is 10.1. The molecule has 1 aliphatic heterocycles. The number of nitrogens with zero attached hydrogens (tertiary/aromatic N) is 4. The Balaban J connectivity index is 1.81. The molecule has 1 saturated heterocycles. The van der Waals surface area contributed by atoms with Crippen LogP contribution in [0.2, 0.25) is 0 Å². The standard InChI is InChI=1S/C16H19N5O3/c1-16(15(23)17-2)9-20(6-7-24-16)14(22)12-4-3-5-13(8-12)21-10-18-19-11-21/h3-5,8,10-11H,6-7,9H2,1-2H3,(H,17,23). The molecule has 0 aliphatic carbocycles. The first-order valence-corrected chi connectivity index (χ1v) is 7.64. The third-order valence-corrected chi connectivity index (χ3v) is 4.08. The van der Waals surface area contributed by atoms with Crippen LogP contribution in [-0.4, -0.2) is 63.8 Å². The first-order valence-electron chi connectivity index (χ1n) is 7.64. The second kappa shape index (κ2) is 6.40. The number of rotatable bonds is 3. The second-order valence-corrected chi connectivity index (χ2v) is 5.80. The Hall–Kier alpha value is -2.74. The number of nitrogens with one attached hydrogen (secondary N) is 1. The maximum atomic E-state index is 12.8. The molecule has 1 atom stereocenters. The van der Waals surface area contributed by atoms with Crippen molar-refractivity contribution in [2.45, 2.75) is 12.5 Å². The van der Waals surface area contributed by atoms with Crippen molar-refractivity contribution in [1.29, 1.82) is 0 Å². The van der Waals surface area contributed by atoms with Gasteiger partial charge in [-0.15, -0.1) is 10.2 Å². The number of carbonyl (C=O) groups excluding carboxylic acids is 2. The van der Waals surface area contributed by atoms with Crippen LogP contribution in [0.4, 0.5) is 0 Å². The van der Waals surface area contributed by atoms with Gasteiger partial charge in [0.1, 0.15) is 12.7 Å². The lowest BCUT2D eigenvalue weighted by atomic mass is 10.0. The fourth-order valence-corrected chi connectivity index (χ4v) is 2.76. The molecule has 1 fully saturated rings. The highest BCUT2D eigenvalue weighted by atomic mass is 16.5. The van der Waals surface area contributed by atoms with Crippen LogP contribution < -0.4 is 5.32 Å². The first-order chi connectivity index (χ1) is 11.5. The van der Waals surface area contributed by atoms with E-state index in [4.69, 9.17) is 4.74 Å². The topological polar surface area (TPSA) is 89.4 Å². The lowest BCUT2D eigenvalue weighted by molar-refractivity contribution is -0.153. The van der Waals surface area contributed by atoms with Crippen molar-refractivity contribution in [3.8, 4) is 5.69 Å². The minimum absolute atomic E-state index is 0.136. The molecular formula is C16H19N5O3. The van der Waals surface area contributed by atoms with Crippen molar-refractivity contribution in [1.82, 2.24) is 25.0 Å². The second-order valence-electron chi connectivity index (χ2n) is 5.80. The predicted molar refractivity (Wildman–Crippen MR) is 85.7 cm³/mol. The maximum Gasteiger partial charge on any atom is 0.254 e. The summed E-state index contributed by atoms with van der Waals surface area (Å²) in [6.07, 6.45) is 3.14. The van der Waals surface area contributed by atoms with E-state index in [0.29, 0.717) is 18.7 Å². The van der Waals surface area contributed by atoms with Crippen molar-refractivity contribution in [2.24, 2.45) is 0 Å². The van der Waals surface area contributed by atoms with E-state index in [2.05, 4.69) is 15.5 Å². The van der Waals surface area contributed by atoms with Crippen molar-refractivity contribution in [3.63, 3.8) is 0 Å². The molecule has 1 unspecified atom stereocenters. The normalized spacial score (nSPS) is 20.7. The van der Waals surface area contributed by atoms with Gasteiger partial charge in [-0.25, -0.2) is 0 Å². The Bertz CT molecular complexity index is 746. The Morgan fingerprint density at radius 2 is 2.04 bits per heavy atom. The number of aromatic nitrogens is 3. The minimum Gasteiger partial charge on any atom is -0.362 e. The van der Waals surface area contributed by atoms with E-state index in [1.807, 2.05) is 6.07 Å². The molecular weight excluding hydrogens is 310 g/mol. The molecule has 0 spiro atoms. The van der Waals surface area contributed by atoms with E-state index in [0.717, 1.165) is 5.69 Å². The largest absolute Gasteiger partial charge is 0.362 e. The molecule has 2 aromatic rings. The van der Waals surface area contributed by atoms with Crippen LogP contribution in [0.1, 0.15) is 17.3 Å². The number of morpholine rings is 1. The zero-order valence-corrected chi connectivity index (χ0v) is 13.6. The molecule has 1 N–H and O–H groups in total. The van der Waals surface area contributed by atoms with E-state index in [-0.39, 0.29) is 18.4 Å². The molecule has 0 saturated carbocycles. The quantitative estimate of drug-likeness (QED) is 0.871. The average Bonchev–Trinajstić information content (AvgIpc) is 3.15. The minimum atomic E-state index is -1.03. The molecule has 2 amide bonds. The Morgan fingerprint density at radius 1 is 1.29 bits per heavy atom. The number of ether oxygens (including phenoxy) is 1. The van der Waals surface area contributed by atoms with Crippen LogP contribution in [-0.2, 0) is 9.53 Å². The predicted octanol–water partition coefficient (Wildman–Crippen LogP) is 0.244. The van der Waals surface area contributed by atoms with Gasteiger partial charge in [0.2, 0.25) is 0 Å². The summed E-state index contributed by atoms with van der Waals surface area (Å²) in [6.45, 7) is 2.67. The van der Waals surface area contributed by atoms with Crippen LogP contribution in [0.5, 0.6) is 0 Å². The van der Waals surface area contributed by atoms with E-state index in [1.165, 1.54) is 0 Å². The number of hydrogen-bond donors (Lipinski definition) is 1. The molecule has 0 bridgehead atoms. The first kappa shape index (κ1) is 16.1. The van der Waals surface area contributed by atoms with Gasteiger partial charge >= 0.3 is 0 Å². The third kappa shape index (κ3) is 3.00.